The Morgan fingerprint density at radius 1 is 0.345 bits per heavy atom. The zero-order chi connectivity index (χ0) is 36.6. The van der Waals surface area contributed by atoms with Crippen LogP contribution in [0, 0.1) is 22.7 Å². The van der Waals surface area contributed by atoms with Gasteiger partial charge < -0.3 is 13.7 Å². The Labute approximate surface area is 316 Å². The molecule has 0 aliphatic carbocycles. The molecule has 3 aromatic heterocycles. The van der Waals surface area contributed by atoms with Gasteiger partial charge in [0.05, 0.1) is 56.0 Å². The largest absolute Gasteiger partial charge is 0.309 e. The molecule has 0 fully saturated rings. The van der Waals surface area contributed by atoms with Gasteiger partial charge in [-0.05, 0) is 72.3 Å². The third kappa shape index (κ3) is 4.45. The van der Waals surface area contributed by atoms with Gasteiger partial charge in [-0.2, -0.15) is 10.5 Å². The highest BCUT2D eigenvalue weighted by Gasteiger charge is 2.20. The fourth-order valence-corrected chi connectivity index (χ4v) is 8.76. The van der Waals surface area contributed by atoms with Gasteiger partial charge in [-0.15, -0.1) is 0 Å². The van der Waals surface area contributed by atoms with Crippen molar-refractivity contribution < 1.29 is 0 Å². The first kappa shape index (κ1) is 30.7. The van der Waals surface area contributed by atoms with E-state index in [1.807, 2.05) is 42.5 Å². The van der Waals surface area contributed by atoms with E-state index < -0.39 is 0 Å². The summed E-state index contributed by atoms with van der Waals surface area (Å²) in [4.78, 5) is 0. The van der Waals surface area contributed by atoms with Crippen LogP contribution in [0.1, 0.15) is 11.1 Å². The second-order valence-corrected chi connectivity index (χ2v) is 14.0. The van der Waals surface area contributed by atoms with Gasteiger partial charge in [-0.1, -0.05) is 109 Å². The van der Waals surface area contributed by atoms with Crippen molar-refractivity contribution in [2.75, 3.05) is 0 Å². The van der Waals surface area contributed by atoms with E-state index >= 15 is 0 Å². The Morgan fingerprint density at radius 3 is 1.38 bits per heavy atom. The molecular formula is C50H29N5. The summed E-state index contributed by atoms with van der Waals surface area (Å²) in [5.74, 6) is 0. The van der Waals surface area contributed by atoms with Crippen LogP contribution in [0.4, 0.5) is 0 Å². The molecule has 0 bridgehead atoms. The van der Waals surface area contributed by atoms with E-state index in [0.29, 0.717) is 11.1 Å². The average molecular weight is 700 g/mol. The van der Waals surface area contributed by atoms with Crippen molar-refractivity contribution in [3.63, 3.8) is 0 Å². The topological polar surface area (TPSA) is 62.4 Å². The first-order valence-corrected chi connectivity index (χ1v) is 18.3. The van der Waals surface area contributed by atoms with Gasteiger partial charge in [0, 0.05) is 49.3 Å². The van der Waals surface area contributed by atoms with Crippen LogP contribution >= 0.6 is 0 Å². The second-order valence-electron chi connectivity index (χ2n) is 14.0. The molecule has 55 heavy (non-hydrogen) atoms. The van der Waals surface area contributed by atoms with Gasteiger partial charge in [0.1, 0.15) is 6.07 Å². The van der Waals surface area contributed by atoms with E-state index in [1.165, 1.54) is 32.6 Å². The predicted molar refractivity (Wildman–Crippen MR) is 224 cm³/mol. The van der Waals surface area contributed by atoms with Gasteiger partial charge in [-0.3, -0.25) is 0 Å². The maximum atomic E-state index is 10.5. The third-order valence-electron chi connectivity index (χ3n) is 11.1. The van der Waals surface area contributed by atoms with Crippen LogP contribution in [0.25, 0.3) is 93.6 Å². The Bertz CT molecular complexity index is 3400. The molecule has 0 atom stereocenters. The van der Waals surface area contributed by atoms with E-state index in [-0.39, 0.29) is 0 Å². The van der Waals surface area contributed by atoms with E-state index in [0.717, 1.165) is 61.0 Å². The smallest absolute Gasteiger partial charge is 0.101 e. The standard InChI is InChI=1S/C50H29N5/c51-30-32-20-26-42-41-14-4-8-19-47(41)55(48(42)28-32)50-34(31-52)10-9-15-37(50)33-21-23-35(24-22-33)53-44-16-5-3-13-40(44)43-27-25-36(29-49(43)53)54-45-17-6-1-11-38(45)39-12-2-7-18-46(39)54/h1-29H. The third-order valence-corrected chi connectivity index (χ3v) is 11.1. The minimum atomic E-state index is 0.562. The highest BCUT2D eigenvalue weighted by molar-refractivity contribution is 6.13. The van der Waals surface area contributed by atoms with E-state index in [1.54, 1.807) is 0 Å². The predicted octanol–water partition coefficient (Wildman–Crippen LogP) is 12.4. The van der Waals surface area contributed by atoms with Crippen molar-refractivity contribution in [3.8, 4) is 40.3 Å². The molecule has 11 rings (SSSR count). The molecule has 0 unspecified atom stereocenters. The van der Waals surface area contributed by atoms with Crippen molar-refractivity contribution in [3.05, 3.63) is 187 Å². The van der Waals surface area contributed by atoms with E-state index in [9.17, 15) is 10.5 Å². The summed E-state index contributed by atoms with van der Waals surface area (Å²) in [5, 5.41) is 27.3. The van der Waals surface area contributed by atoms with Crippen molar-refractivity contribution in [2.24, 2.45) is 0 Å². The number of para-hydroxylation sites is 5. The van der Waals surface area contributed by atoms with Crippen molar-refractivity contribution in [2.45, 2.75) is 0 Å². The number of hydrogen-bond donors (Lipinski definition) is 0. The molecule has 5 nitrogen and oxygen atoms in total. The van der Waals surface area contributed by atoms with Crippen LogP contribution in [0.5, 0.6) is 0 Å². The first-order chi connectivity index (χ1) is 27.2. The molecule has 0 aliphatic heterocycles. The monoisotopic (exact) mass is 699 g/mol. The SMILES string of the molecule is N#Cc1ccc2c3ccccc3n(-c3c(C#N)cccc3-c3ccc(-n4c5ccccc5c5ccc(-n6c7ccccc7c7ccccc76)cc54)cc3)c2c1. The minimum absolute atomic E-state index is 0.562. The van der Waals surface area contributed by atoms with Crippen LogP contribution < -0.4 is 0 Å². The quantitative estimate of drug-likeness (QED) is 0.184. The summed E-state index contributed by atoms with van der Waals surface area (Å²) >= 11 is 0. The number of rotatable bonds is 4. The normalized spacial score (nSPS) is 11.6. The lowest BCUT2D eigenvalue weighted by Crippen LogP contribution is -2.01. The summed E-state index contributed by atoms with van der Waals surface area (Å²) in [5.41, 5.74) is 12.5. The summed E-state index contributed by atoms with van der Waals surface area (Å²) < 4.78 is 6.87. The molecule has 0 amide bonds. The van der Waals surface area contributed by atoms with Gasteiger partial charge in [0.15, 0.2) is 0 Å². The number of aromatic nitrogens is 3. The number of nitriles is 2. The zero-order valence-corrected chi connectivity index (χ0v) is 29.5. The maximum Gasteiger partial charge on any atom is 0.101 e. The van der Waals surface area contributed by atoms with Crippen LogP contribution in [-0.2, 0) is 0 Å². The Balaban J connectivity index is 1.11. The van der Waals surface area contributed by atoms with Gasteiger partial charge in [0.2, 0.25) is 0 Å². The summed E-state index contributed by atoms with van der Waals surface area (Å²) in [6, 6.07) is 66.0. The molecule has 11 aromatic rings. The fourth-order valence-electron chi connectivity index (χ4n) is 8.76. The van der Waals surface area contributed by atoms with E-state index in [4.69, 9.17) is 0 Å². The number of benzene rings is 8. The van der Waals surface area contributed by atoms with Crippen LogP contribution in [0.15, 0.2) is 176 Å². The molecule has 3 heterocycles. The molecule has 0 saturated carbocycles. The lowest BCUT2D eigenvalue weighted by molar-refractivity contribution is 1.15. The Morgan fingerprint density at radius 2 is 0.818 bits per heavy atom. The lowest BCUT2D eigenvalue weighted by atomic mass is 9.99. The highest BCUT2D eigenvalue weighted by Crippen LogP contribution is 2.40. The van der Waals surface area contributed by atoms with Crippen molar-refractivity contribution in [1.29, 1.82) is 10.5 Å². The Kier molecular flexibility index (Phi) is 6.61. The summed E-state index contributed by atoms with van der Waals surface area (Å²) in [6.45, 7) is 0. The van der Waals surface area contributed by atoms with E-state index in [2.05, 4.69) is 159 Å². The molecule has 0 spiro atoms. The second kappa shape index (κ2) is 11.8. The average Bonchev–Trinajstić information content (AvgIpc) is 3.88. The number of hydrogen-bond acceptors (Lipinski definition) is 2. The molecule has 0 saturated heterocycles. The van der Waals surface area contributed by atoms with Gasteiger partial charge in [-0.25, -0.2) is 0 Å². The molecule has 254 valence electrons. The first-order valence-electron chi connectivity index (χ1n) is 18.3. The zero-order valence-electron chi connectivity index (χ0n) is 29.5. The lowest BCUT2D eigenvalue weighted by Gasteiger charge is -2.16. The fraction of sp³-hybridized carbons (Fsp3) is 0. The Hall–Kier alpha value is -7.86. The molecule has 8 aromatic carbocycles. The molecule has 0 aliphatic rings. The molecular weight excluding hydrogens is 671 g/mol. The summed E-state index contributed by atoms with van der Waals surface area (Å²) in [6.07, 6.45) is 0. The van der Waals surface area contributed by atoms with Crippen molar-refractivity contribution in [1.82, 2.24) is 13.7 Å². The van der Waals surface area contributed by atoms with Crippen LogP contribution in [-0.4, -0.2) is 13.7 Å². The highest BCUT2D eigenvalue weighted by atomic mass is 15.0. The van der Waals surface area contributed by atoms with Gasteiger partial charge >= 0.3 is 0 Å². The van der Waals surface area contributed by atoms with Crippen molar-refractivity contribution >= 4 is 65.4 Å². The maximum absolute atomic E-state index is 10.5. The van der Waals surface area contributed by atoms with Crippen LogP contribution in [0.3, 0.4) is 0 Å². The van der Waals surface area contributed by atoms with Crippen LogP contribution in [0.2, 0.25) is 0 Å². The molecule has 0 radical (unpaired) electrons. The molecule has 5 heteroatoms. The van der Waals surface area contributed by atoms with Gasteiger partial charge in [0.25, 0.3) is 0 Å². The minimum Gasteiger partial charge on any atom is -0.309 e. The number of nitrogens with zero attached hydrogens (tertiary/aromatic N) is 5. The summed E-state index contributed by atoms with van der Waals surface area (Å²) in [7, 11) is 0. The molecule has 0 N–H and O–H groups in total. The number of fused-ring (bicyclic) bond motifs is 9.